The minimum absolute atomic E-state index is 0.0471. The van der Waals surface area contributed by atoms with E-state index in [9.17, 15) is 4.79 Å². The van der Waals surface area contributed by atoms with Crippen molar-refractivity contribution in [2.24, 2.45) is 0 Å². The molecule has 0 unspecified atom stereocenters. The summed E-state index contributed by atoms with van der Waals surface area (Å²) in [6.45, 7) is 1.75. The number of rotatable bonds is 0. The highest BCUT2D eigenvalue weighted by molar-refractivity contribution is 5.55. The minimum atomic E-state index is 0.0471. The van der Waals surface area contributed by atoms with Crippen molar-refractivity contribution in [3.8, 4) is 11.4 Å². The highest BCUT2D eigenvalue weighted by atomic mass is 16.1. The molecule has 0 aromatic carbocycles. The summed E-state index contributed by atoms with van der Waals surface area (Å²) in [5.74, 6) is 0. The fourth-order valence-corrected chi connectivity index (χ4v) is 1.86. The summed E-state index contributed by atoms with van der Waals surface area (Å²) in [7, 11) is 0. The van der Waals surface area contributed by atoms with Gasteiger partial charge in [0.1, 0.15) is 0 Å². The van der Waals surface area contributed by atoms with E-state index in [1.165, 1.54) is 0 Å². The molecule has 0 fully saturated rings. The molecule has 4 heteroatoms. The molecule has 0 amide bonds. The molecule has 1 aliphatic rings. The van der Waals surface area contributed by atoms with Gasteiger partial charge in [-0.1, -0.05) is 0 Å². The van der Waals surface area contributed by atoms with Crippen LogP contribution in [0.2, 0.25) is 0 Å². The fraction of sp³-hybridized carbons (Fsp3) is 0.200. The Hall–Kier alpha value is -1.84. The van der Waals surface area contributed by atoms with Gasteiger partial charge in [0.05, 0.1) is 17.9 Å². The van der Waals surface area contributed by atoms with Gasteiger partial charge in [-0.15, -0.1) is 0 Å². The second-order valence-corrected chi connectivity index (χ2v) is 3.38. The number of hydrogen-bond acceptors (Lipinski definition) is 2. The lowest BCUT2D eigenvalue weighted by Gasteiger charge is -2.19. The van der Waals surface area contributed by atoms with Crippen molar-refractivity contribution in [2.75, 3.05) is 0 Å². The molecule has 14 heavy (non-hydrogen) atoms. The SMILES string of the molecule is O=c1ccn2c(c1)-c1ccnn1CC2. The molecule has 0 saturated heterocycles. The molecule has 70 valence electrons. The zero-order valence-electron chi connectivity index (χ0n) is 7.55. The lowest BCUT2D eigenvalue weighted by atomic mass is 10.2. The zero-order chi connectivity index (χ0) is 9.54. The van der Waals surface area contributed by atoms with Crippen molar-refractivity contribution >= 4 is 0 Å². The molecule has 0 N–H and O–H groups in total. The molecule has 3 heterocycles. The Morgan fingerprint density at radius 3 is 3.07 bits per heavy atom. The van der Waals surface area contributed by atoms with Crippen LogP contribution in [0.1, 0.15) is 0 Å². The van der Waals surface area contributed by atoms with Crippen molar-refractivity contribution in [1.29, 1.82) is 0 Å². The van der Waals surface area contributed by atoms with Crippen LogP contribution in [0.15, 0.2) is 35.4 Å². The highest BCUT2D eigenvalue weighted by Gasteiger charge is 2.14. The topological polar surface area (TPSA) is 39.8 Å². The first-order valence-electron chi connectivity index (χ1n) is 4.57. The van der Waals surface area contributed by atoms with Gasteiger partial charge < -0.3 is 4.57 Å². The Bertz CT molecular complexity index is 538. The average Bonchev–Trinajstić information content (AvgIpc) is 2.65. The van der Waals surface area contributed by atoms with Gasteiger partial charge in [0.25, 0.3) is 0 Å². The quantitative estimate of drug-likeness (QED) is 0.609. The predicted molar refractivity (Wildman–Crippen MR) is 51.9 cm³/mol. The van der Waals surface area contributed by atoms with Gasteiger partial charge in [-0.3, -0.25) is 9.48 Å². The summed E-state index contributed by atoms with van der Waals surface area (Å²) in [6.07, 6.45) is 3.61. The Morgan fingerprint density at radius 2 is 2.14 bits per heavy atom. The molecule has 0 radical (unpaired) electrons. The fourth-order valence-electron chi connectivity index (χ4n) is 1.86. The number of hydrogen-bond donors (Lipinski definition) is 0. The number of aromatic nitrogens is 3. The first kappa shape index (κ1) is 7.55. The average molecular weight is 187 g/mol. The maximum atomic E-state index is 11.2. The second kappa shape index (κ2) is 2.57. The van der Waals surface area contributed by atoms with Gasteiger partial charge in [-0.05, 0) is 6.07 Å². The van der Waals surface area contributed by atoms with Crippen molar-refractivity contribution in [1.82, 2.24) is 14.3 Å². The second-order valence-electron chi connectivity index (χ2n) is 3.38. The van der Waals surface area contributed by atoms with E-state index in [0.29, 0.717) is 0 Å². The molecule has 3 rings (SSSR count). The molecule has 4 nitrogen and oxygen atoms in total. The van der Waals surface area contributed by atoms with Crippen LogP contribution in [0, 0.1) is 0 Å². The summed E-state index contributed by atoms with van der Waals surface area (Å²) < 4.78 is 4.01. The Labute approximate surface area is 80.4 Å². The maximum Gasteiger partial charge on any atom is 0.182 e. The van der Waals surface area contributed by atoms with Crippen LogP contribution in [0.4, 0.5) is 0 Å². The van der Waals surface area contributed by atoms with E-state index in [0.717, 1.165) is 24.5 Å². The number of aryl methyl sites for hydroxylation is 2. The molecule has 2 aromatic rings. The predicted octanol–water partition coefficient (Wildman–Crippen LogP) is 0.725. The first-order valence-corrected chi connectivity index (χ1v) is 4.57. The van der Waals surface area contributed by atoms with E-state index in [-0.39, 0.29) is 5.43 Å². The van der Waals surface area contributed by atoms with Crippen molar-refractivity contribution in [3.05, 3.63) is 40.8 Å². The Morgan fingerprint density at radius 1 is 1.21 bits per heavy atom. The van der Waals surface area contributed by atoms with Crippen molar-refractivity contribution in [3.63, 3.8) is 0 Å². The molecule has 0 atom stereocenters. The third kappa shape index (κ3) is 0.937. The van der Waals surface area contributed by atoms with E-state index in [4.69, 9.17) is 0 Å². The standard InChI is InChI=1S/C10H9N3O/c14-8-2-4-12-5-6-13-9(1-3-11-13)10(12)7-8/h1-4,7H,5-6H2. The third-order valence-corrected chi connectivity index (χ3v) is 2.54. The monoisotopic (exact) mass is 187 g/mol. The van der Waals surface area contributed by atoms with E-state index >= 15 is 0 Å². The van der Waals surface area contributed by atoms with Crippen LogP contribution >= 0.6 is 0 Å². The van der Waals surface area contributed by atoms with Crippen LogP contribution < -0.4 is 5.43 Å². The number of pyridine rings is 1. The largest absolute Gasteiger partial charge is 0.344 e. The molecule has 0 bridgehead atoms. The summed E-state index contributed by atoms with van der Waals surface area (Å²) >= 11 is 0. The zero-order valence-corrected chi connectivity index (χ0v) is 7.55. The van der Waals surface area contributed by atoms with Crippen LogP contribution in [-0.4, -0.2) is 14.3 Å². The summed E-state index contributed by atoms with van der Waals surface area (Å²) in [6, 6.07) is 5.19. The van der Waals surface area contributed by atoms with E-state index < -0.39 is 0 Å². The van der Waals surface area contributed by atoms with Gasteiger partial charge in [-0.25, -0.2) is 0 Å². The molecule has 0 aliphatic carbocycles. The molecular weight excluding hydrogens is 178 g/mol. The Balaban J connectivity index is 2.34. The van der Waals surface area contributed by atoms with E-state index in [2.05, 4.69) is 9.67 Å². The van der Waals surface area contributed by atoms with Crippen LogP contribution in [-0.2, 0) is 13.1 Å². The lowest BCUT2D eigenvalue weighted by molar-refractivity contribution is 0.510. The highest BCUT2D eigenvalue weighted by Crippen LogP contribution is 2.21. The van der Waals surface area contributed by atoms with Gasteiger partial charge in [-0.2, -0.15) is 5.10 Å². The smallest absolute Gasteiger partial charge is 0.182 e. The third-order valence-electron chi connectivity index (χ3n) is 2.54. The van der Waals surface area contributed by atoms with E-state index in [1.54, 1.807) is 18.3 Å². The molecule has 1 aliphatic heterocycles. The number of nitrogens with zero attached hydrogens (tertiary/aromatic N) is 3. The van der Waals surface area contributed by atoms with Gasteiger partial charge in [0.15, 0.2) is 5.43 Å². The van der Waals surface area contributed by atoms with Crippen LogP contribution in [0.25, 0.3) is 11.4 Å². The molecule has 2 aromatic heterocycles. The van der Waals surface area contributed by atoms with Crippen molar-refractivity contribution in [2.45, 2.75) is 13.1 Å². The lowest BCUT2D eigenvalue weighted by Crippen LogP contribution is -2.20. The van der Waals surface area contributed by atoms with Gasteiger partial charge >= 0.3 is 0 Å². The van der Waals surface area contributed by atoms with Crippen molar-refractivity contribution < 1.29 is 0 Å². The summed E-state index contributed by atoms with van der Waals surface area (Å²) in [4.78, 5) is 11.2. The van der Waals surface area contributed by atoms with Gasteiger partial charge in [0.2, 0.25) is 0 Å². The first-order chi connectivity index (χ1) is 6.84. The molecular formula is C10H9N3O. The number of fused-ring (bicyclic) bond motifs is 3. The Kier molecular flexibility index (Phi) is 1.39. The van der Waals surface area contributed by atoms with Crippen LogP contribution in [0.5, 0.6) is 0 Å². The minimum Gasteiger partial charge on any atom is -0.344 e. The normalized spacial score (nSPS) is 13.4. The van der Waals surface area contributed by atoms with E-state index in [1.807, 2.05) is 16.9 Å². The summed E-state index contributed by atoms with van der Waals surface area (Å²) in [5, 5.41) is 4.19. The van der Waals surface area contributed by atoms with Crippen LogP contribution in [0.3, 0.4) is 0 Å². The maximum absolute atomic E-state index is 11.2. The molecule has 0 saturated carbocycles. The van der Waals surface area contributed by atoms with Gasteiger partial charge in [0, 0.05) is 31.1 Å². The summed E-state index contributed by atoms with van der Waals surface area (Å²) in [5.41, 5.74) is 2.03. The molecule has 0 spiro atoms.